The lowest BCUT2D eigenvalue weighted by Gasteiger charge is -2.17. The molecule has 4 rings (SSSR count). The van der Waals surface area contributed by atoms with Crippen LogP contribution in [0, 0.1) is 6.92 Å². The molecule has 7 nitrogen and oxygen atoms in total. The molecule has 7 heteroatoms. The number of nitrogens with zero attached hydrogens (tertiary/aromatic N) is 2. The first-order chi connectivity index (χ1) is 21.1. The predicted octanol–water partition coefficient (Wildman–Crippen LogP) is 5.56. The minimum Gasteiger partial charge on any atom is -0.466 e. The summed E-state index contributed by atoms with van der Waals surface area (Å²) in [6, 6.07) is 9.78. The monoisotopic (exact) mass is 493 g/mol. The number of hydrogen-bond donors (Lipinski definition) is 0. The van der Waals surface area contributed by atoms with Gasteiger partial charge in [0.1, 0.15) is 11.4 Å². The highest BCUT2D eigenvalue weighted by molar-refractivity contribution is 5.84. The van der Waals surface area contributed by atoms with Crippen LogP contribution in [0.25, 0.3) is 22.5 Å². The molecule has 0 bridgehead atoms. The van der Waals surface area contributed by atoms with Gasteiger partial charge in [-0.15, -0.1) is 0 Å². The van der Waals surface area contributed by atoms with Crippen molar-refractivity contribution < 1.29 is 36.0 Å². The van der Waals surface area contributed by atoms with Gasteiger partial charge < -0.3 is 9.26 Å². The largest absolute Gasteiger partial charge is 0.466 e. The second kappa shape index (κ2) is 12.0. The molecule has 0 saturated heterocycles. The summed E-state index contributed by atoms with van der Waals surface area (Å²) in [7, 11) is 0. The number of anilines is 1. The van der Waals surface area contributed by atoms with Crippen molar-refractivity contribution in [2.24, 2.45) is 0 Å². The SMILES string of the molecule is [2H]c1c([2H])c([2H])c(C([2H])([2H])C([2H])([2H])ON(C=O)c2c(C)noc2-c2ccc(-c3ccc(CC(=O)OCC)cc3)cc2)c([2H])c1[2H]. The van der Waals surface area contributed by atoms with E-state index in [0.717, 1.165) is 16.7 Å². The number of carbonyl (C=O) groups excluding carboxylic acids is 2. The summed E-state index contributed by atoms with van der Waals surface area (Å²) in [6.07, 6.45) is -3.11. The topological polar surface area (TPSA) is 81.9 Å². The van der Waals surface area contributed by atoms with Crippen molar-refractivity contribution in [1.82, 2.24) is 5.16 Å². The molecule has 0 atom stereocenters. The average molecular weight is 494 g/mol. The Hall–Kier alpha value is -4.23. The van der Waals surface area contributed by atoms with E-state index in [9.17, 15) is 9.59 Å². The lowest BCUT2D eigenvalue weighted by atomic mass is 10.0. The van der Waals surface area contributed by atoms with Gasteiger partial charge in [0.05, 0.1) is 29.2 Å². The van der Waals surface area contributed by atoms with Crippen LogP contribution in [0.1, 0.15) is 36.1 Å². The van der Waals surface area contributed by atoms with Gasteiger partial charge in [-0.2, -0.15) is 5.06 Å². The number of rotatable bonds is 11. The molecule has 0 saturated carbocycles. The zero-order valence-corrected chi connectivity index (χ0v) is 19.5. The fourth-order valence-electron chi connectivity index (χ4n) is 3.38. The van der Waals surface area contributed by atoms with Gasteiger partial charge in [0, 0.05) is 8.30 Å². The molecule has 0 unspecified atom stereocenters. The van der Waals surface area contributed by atoms with Gasteiger partial charge in [0.2, 0.25) is 6.41 Å². The molecule has 1 amide bonds. The first-order valence-corrected chi connectivity index (χ1v) is 11.0. The molecule has 184 valence electrons. The molecular weight excluding hydrogens is 456 g/mol. The average Bonchev–Trinajstić information content (AvgIpc) is 3.39. The molecule has 0 aliphatic heterocycles. The number of aryl methyl sites for hydroxylation is 1. The van der Waals surface area contributed by atoms with E-state index >= 15 is 0 Å². The Morgan fingerprint density at radius 3 is 2.31 bits per heavy atom. The van der Waals surface area contributed by atoms with E-state index in [1.165, 1.54) is 6.92 Å². The number of hydrogen-bond acceptors (Lipinski definition) is 6. The van der Waals surface area contributed by atoms with E-state index in [0.29, 0.717) is 17.2 Å². The van der Waals surface area contributed by atoms with Crippen LogP contribution < -0.4 is 5.06 Å². The Bertz CT molecular complexity index is 1700. The van der Waals surface area contributed by atoms with Crippen LogP contribution in [0.2, 0.25) is 0 Å². The molecule has 0 aliphatic carbocycles. The third-order valence-corrected chi connectivity index (χ3v) is 5.06. The quantitative estimate of drug-likeness (QED) is 0.155. The van der Waals surface area contributed by atoms with Gasteiger partial charge in [-0.1, -0.05) is 83.9 Å². The van der Waals surface area contributed by atoms with Crippen LogP contribution in [0.15, 0.2) is 83.3 Å². The molecule has 1 aromatic heterocycles. The van der Waals surface area contributed by atoms with Gasteiger partial charge in [-0.25, -0.2) is 0 Å². The van der Waals surface area contributed by atoms with Crippen molar-refractivity contribution in [1.29, 1.82) is 0 Å². The Morgan fingerprint density at radius 2 is 1.67 bits per heavy atom. The summed E-state index contributed by atoms with van der Waals surface area (Å²) in [6.45, 7) is 0.0562. The lowest BCUT2D eigenvalue weighted by Crippen LogP contribution is -2.23. The third-order valence-electron chi connectivity index (χ3n) is 5.06. The second-order valence-corrected chi connectivity index (χ2v) is 7.45. The molecule has 4 aromatic rings. The van der Waals surface area contributed by atoms with Crippen molar-refractivity contribution in [2.45, 2.75) is 26.6 Å². The smallest absolute Gasteiger partial charge is 0.310 e. The van der Waals surface area contributed by atoms with Crippen molar-refractivity contribution in [3.05, 3.63) is 95.6 Å². The second-order valence-electron chi connectivity index (χ2n) is 7.45. The predicted molar refractivity (Wildman–Crippen MR) is 137 cm³/mol. The van der Waals surface area contributed by atoms with E-state index in [-0.39, 0.29) is 35.9 Å². The molecule has 36 heavy (non-hydrogen) atoms. The van der Waals surface area contributed by atoms with E-state index in [1.54, 1.807) is 31.2 Å². The van der Waals surface area contributed by atoms with Gasteiger partial charge >= 0.3 is 5.97 Å². The fraction of sp³-hybridized carbons (Fsp3) is 0.207. The van der Waals surface area contributed by atoms with Crippen molar-refractivity contribution in [2.75, 3.05) is 18.2 Å². The molecule has 0 radical (unpaired) electrons. The molecule has 0 spiro atoms. The summed E-state index contributed by atoms with van der Waals surface area (Å²) in [5.41, 5.74) is 1.85. The molecule has 1 heterocycles. The van der Waals surface area contributed by atoms with Crippen LogP contribution in [0.4, 0.5) is 5.69 Å². The van der Waals surface area contributed by atoms with Crippen molar-refractivity contribution in [3.8, 4) is 22.5 Å². The van der Waals surface area contributed by atoms with Gasteiger partial charge in [-0.05, 0) is 42.5 Å². The van der Waals surface area contributed by atoms with Crippen molar-refractivity contribution in [3.63, 3.8) is 0 Å². The first-order valence-electron chi connectivity index (χ1n) is 15.5. The fourth-order valence-corrected chi connectivity index (χ4v) is 3.38. The Labute approximate surface area is 222 Å². The maximum absolute atomic E-state index is 12.2. The number of hydroxylamine groups is 1. The highest BCUT2D eigenvalue weighted by Crippen LogP contribution is 2.35. The minimum absolute atomic E-state index is 0.00453. The lowest BCUT2D eigenvalue weighted by molar-refractivity contribution is -0.142. The number of benzene rings is 3. The highest BCUT2D eigenvalue weighted by Gasteiger charge is 2.22. The molecule has 0 N–H and O–H groups in total. The third kappa shape index (κ3) is 6.06. The molecular formula is C29H28N2O5. The summed E-state index contributed by atoms with van der Waals surface area (Å²) in [4.78, 5) is 29.2. The van der Waals surface area contributed by atoms with Crippen LogP contribution in [0.5, 0.6) is 0 Å². The van der Waals surface area contributed by atoms with E-state index in [4.69, 9.17) is 26.4 Å². The summed E-state index contributed by atoms with van der Waals surface area (Å²) >= 11 is 0. The van der Waals surface area contributed by atoms with Crippen LogP contribution in [0.3, 0.4) is 0 Å². The number of amides is 1. The molecule has 0 fully saturated rings. The van der Waals surface area contributed by atoms with Crippen LogP contribution in [-0.4, -0.2) is 30.7 Å². The van der Waals surface area contributed by atoms with Gasteiger partial charge in [-0.3, -0.25) is 14.4 Å². The first kappa shape index (κ1) is 15.7. The van der Waals surface area contributed by atoms with E-state index < -0.39 is 48.7 Å². The molecule has 0 aliphatic rings. The maximum atomic E-state index is 12.2. The number of ether oxygens (including phenoxy) is 1. The molecule has 3 aromatic carbocycles. The highest BCUT2D eigenvalue weighted by atomic mass is 16.7. The Morgan fingerprint density at radius 1 is 1.03 bits per heavy atom. The standard InChI is InChI=1S/C29H28N2O5/c1-3-34-27(33)19-23-9-11-24(12-10-23)25-13-15-26(16-14-25)29-28(21(2)30-36-29)31(20-32)35-18-17-22-7-5-4-6-8-22/h4-16,20H,3,17-19H2,1-2H3/i4D,5D,6D,7D,8D,17D2,18D2. The number of aromatic nitrogens is 1. The van der Waals surface area contributed by atoms with Gasteiger partial charge in [0.25, 0.3) is 0 Å². The van der Waals surface area contributed by atoms with E-state index in [2.05, 4.69) is 5.16 Å². The Kier molecular flexibility index (Phi) is 5.21. The Balaban J connectivity index is 1.62. The van der Waals surface area contributed by atoms with Gasteiger partial charge in [0.15, 0.2) is 5.76 Å². The normalized spacial score (nSPS) is 15.1. The van der Waals surface area contributed by atoms with Crippen LogP contribution in [-0.2, 0) is 32.0 Å². The zero-order valence-electron chi connectivity index (χ0n) is 28.5. The maximum Gasteiger partial charge on any atom is 0.310 e. The van der Waals surface area contributed by atoms with Crippen molar-refractivity contribution >= 4 is 18.1 Å². The van der Waals surface area contributed by atoms with Crippen LogP contribution >= 0.6 is 0 Å². The summed E-state index contributed by atoms with van der Waals surface area (Å²) in [5.74, 6) is -0.325. The number of carbonyl (C=O) groups is 2. The summed E-state index contributed by atoms with van der Waals surface area (Å²) in [5, 5.41) is 4.25. The van der Waals surface area contributed by atoms with E-state index in [1.807, 2.05) is 24.3 Å². The summed E-state index contributed by atoms with van der Waals surface area (Å²) < 4.78 is 83.7. The number of esters is 1. The zero-order chi connectivity index (χ0) is 33.3. The minimum atomic E-state index is -3.44.